The molecule has 1 amide bonds. The largest absolute Gasteiger partial charge is 0.508 e. The molecule has 1 aromatic rings. The second kappa shape index (κ2) is 4.62. The number of benzene rings is 1. The number of hydrogen-bond acceptors (Lipinski definition) is 5. The maximum absolute atomic E-state index is 13.0. The lowest BCUT2D eigenvalue weighted by atomic mass is 10.1. The van der Waals surface area contributed by atoms with Crippen LogP contribution in [-0.2, 0) is 0 Å². The Kier molecular flexibility index (Phi) is 3.32. The zero-order chi connectivity index (χ0) is 16.0. The highest BCUT2D eigenvalue weighted by molar-refractivity contribution is 5.98. The van der Waals surface area contributed by atoms with Crippen LogP contribution < -0.4 is 0 Å². The summed E-state index contributed by atoms with van der Waals surface area (Å²) in [5, 5.41) is 31.6. The van der Waals surface area contributed by atoms with Crippen molar-refractivity contribution >= 4 is 11.6 Å². The van der Waals surface area contributed by atoms with Gasteiger partial charge in [-0.25, -0.2) is 0 Å². The Morgan fingerprint density at radius 3 is 2.29 bits per heavy atom. The SMILES string of the molecule is CC1=NN(C(=O)c2cc(O)cc(O)c2)[C@@](O)(C(F)(F)F)C1. The van der Waals surface area contributed by atoms with Crippen molar-refractivity contribution in [1.82, 2.24) is 5.01 Å². The van der Waals surface area contributed by atoms with Crippen molar-refractivity contribution in [2.45, 2.75) is 25.2 Å². The van der Waals surface area contributed by atoms with E-state index in [-0.39, 0.29) is 10.7 Å². The highest BCUT2D eigenvalue weighted by Crippen LogP contribution is 2.41. The van der Waals surface area contributed by atoms with Crippen molar-refractivity contribution in [3.8, 4) is 11.5 Å². The predicted octanol–water partition coefficient (Wildman–Crippen LogP) is 1.57. The Bertz CT molecular complexity index is 609. The van der Waals surface area contributed by atoms with Crippen molar-refractivity contribution in [2.24, 2.45) is 5.10 Å². The molecule has 2 rings (SSSR count). The van der Waals surface area contributed by atoms with Crippen LogP contribution in [0.1, 0.15) is 23.7 Å². The van der Waals surface area contributed by atoms with E-state index in [1.807, 2.05) is 0 Å². The lowest BCUT2D eigenvalue weighted by molar-refractivity contribution is -0.297. The number of carbonyl (C=O) groups is 1. The zero-order valence-corrected chi connectivity index (χ0v) is 10.7. The van der Waals surface area contributed by atoms with Gasteiger partial charge in [-0.05, 0) is 19.1 Å². The van der Waals surface area contributed by atoms with Gasteiger partial charge in [0.1, 0.15) is 11.5 Å². The van der Waals surface area contributed by atoms with Crippen LogP contribution in [0.5, 0.6) is 11.5 Å². The van der Waals surface area contributed by atoms with Gasteiger partial charge in [-0.15, -0.1) is 0 Å². The van der Waals surface area contributed by atoms with Gasteiger partial charge in [0.15, 0.2) is 0 Å². The van der Waals surface area contributed by atoms with Crippen LogP contribution in [0.15, 0.2) is 23.3 Å². The molecule has 0 bridgehead atoms. The summed E-state index contributed by atoms with van der Waals surface area (Å²) in [6.07, 6.45) is -5.98. The van der Waals surface area contributed by atoms with Gasteiger partial charge in [-0.2, -0.15) is 23.3 Å². The number of phenolic OH excluding ortho intramolecular Hbond substituents is 2. The number of phenols is 2. The molecule has 21 heavy (non-hydrogen) atoms. The van der Waals surface area contributed by atoms with Crippen molar-refractivity contribution in [3.63, 3.8) is 0 Å². The van der Waals surface area contributed by atoms with E-state index >= 15 is 0 Å². The van der Waals surface area contributed by atoms with Gasteiger partial charge in [-0.3, -0.25) is 4.79 Å². The number of aromatic hydroxyl groups is 2. The average molecular weight is 304 g/mol. The molecular weight excluding hydrogens is 293 g/mol. The van der Waals surface area contributed by atoms with E-state index in [1.54, 1.807) is 0 Å². The van der Waals surface area contributed by atoms with Crippen LogP contribution >= 0.6 is 0 Å². The number of nitrogens with zero attached hydrogens (tertiary/aromatic N) is 2. The minimum atomic E-state index is -5.11. The van der Waals surface area contributed by atoms with Gasteiger partial charge < -0.3 is 15.3 Å². The summed E-state index contributed by atoms with van der Waals surface area (Å²) in [6, 6.07) is 2.63. The Morgan fingerprint density at radius 2 is 1.81 bits per heavy atom. The van der Waals surface area contributed by atoms with Crippen LogP contribution in [0.3, 0.4) is 0 Å². The quantitative estimate of drug-likeness (QED) is 0.734. The molecule has 0 spiro atoms. The van der Waals surface area contributed by atoms with Crippen LogP contribution in [0.25, 0.3) is 0 Å². The van der Waals surface area contributed by atoms with Crippen LogP contribution in [0, 0.1) is 0 Å². The normalized spacial score (nSPS) is 22.3. The number of amides is 1. The van der Waals surface area contributed by atoms with Crippen LogP contribution in [0.4, 0.5) is 13.2 Å². The van der Waals surface area contributed by atoms with Crippen LogP contribution in [-0.4, -0.2) is 43.8 Å². The summed E-state index contributed by atoms with van der Waals surface area (Å²) in [6.45, 7) is 1.24. The van der Waals surface area contributed by atoms with E-state index in [0.29, 0.717) is 0 Å². The summed E-state index contributed by atoms with van der Waals surface area (Å²) in [4.78, 5) is 12.1. The average Bonchev–Trinajstić information content (AvgIpc) is 2.63. The number of halogens is 3. The predicted molar refractivity (Wildman–Crippen MR) is 64.7 cm³/mol. The summed E-state index contributed by atoms with van der Waals surface area (Å²) in [7, 11) is 0. The Hall–Kier alpha value is -2.29. The van der Waals surface area contributed by atoms with Crippen molar-refractivity contribution in [3.05, 3.63) is 23.8 Å². The first kappa shape index (κ1) is 15.1. The lowest BCUT2D eigenvalue weighted by Gasteiger charge is -2.32. The van der Waals surface area contributed by atoms with Crippen molar-refractivity contribution in [2.75, 3.05) is 0 Å². The summed E-state index contributed by atoms with van der Waals surface area (Å²) in [5.74, 6) is -2.31. The minimum Gasteiger partial charge on any atom is -0.508 e. The molecule has 0 saturated heterocycles. The first-order valence-electron chi connectivity index (χ1n) is 5.75. The molecule has 0 aliphatic carbocycles. The first-order valence-corrected chi connectivity index (χ1v) is 5.75. The molecule has 114 valence electrons. The summed E-state index contributed by atoms with van der Waals surface area (Å²) < 4.78 is 39.0. The Balaban J connectivity index is 2.45. The molecule has 1 atom stereocenters. The Labute approximate surface area is 116 Å². The maximum Gasteiger partial charge on any atom is 0.438 e. The molecule has 3 N–H and O–H groups in total. The van der Waals surface area contributed by atoms with Crippen molar-refractivity contribution < 1.29 is 33.3 Å². The molecule has 1 aliphatic rings. The third-order valence-electron chi connectivity index (χ3n) is 2.92. The molecule has 1 aliphatic heterocycles. The zero-order valence-electron chi connectivity index (χ0n) is 10.7. The van der Waals surface area contributed by atoms with E-state index in [2.05, 4.69) is 5.10 Å². The molecule has 0 unspecified atom stereocenters. The summed E-state index contributed by atoms with van der Waals surface area (Å²) >= 11 is 0. The highest BCUT2D eigenvalue weighted by Gasteiger charge is 2.62. The fourth-order valence-electron chi connectivity index (χ4n) is 2.00. The second-order valence-corrected chi connectivity index (χ2v) is 4.68. The van der Waals surface area contributed by atoms with Gasteiger partial charge in [0.05, 0.1) is 0 Å². The van der Waals surface area contributed by atoms with Gasteiger partial charge in [0.25, 0.3) is 11.6 Å². The van der Waals surface area contributed by atoms with E-state index in [9.17, 15) is 33.3 Å². The number of alkyl halides is 3. The number of aliphatic hydroxyl groups is 1. The number of rotatable bonds is 1. The van der Waals surface area contributed by atoms with Crippen LogP contribution in [0.2, 0.25) is 0 Å². The standard InChI is InChI=1S/C12H11F3N2O4/c1-6-5-11(21,12(13,14)15)17(16-6)10(20)7-2-8(18)4-9(19)3-7/h2-4,18-19,21H,5H2,1H3/t11-/m0/s1. The van der Waals surface area contributed by atoms with E-state index in [4.69, 9.17) is 0 Å². The van der Waals surface area contributed by atoms with Gasteiger partial charge in [0, 0.05) is 23.8 Å². The molecule has 0 aromatic heterocycles. The van der Waals surface area contributed by atoms with Gasteiger partial charge in [0.2, 0.25) is 0 Å². The monoisotopic (exact) mass is 304 g/mol. The summed E-state index contributed by atoms with van der Waals surface area (Å²) in [5.41, 5.74) is -3.96. The third kappa shape index (κ3) is 2.51. The second-order valence-electron chi connectivity index (χ2n) is 4.68. The van der Waals surface area contributed by atoms with E-state index < -0.39 is 41.3 Å². The van der Waals surface area contributed by atoms with Gasteiger partial charge in [-0.1, -0.05) is 0 Å². The molecule has 6 nitrogen and oxygen atoms in total. The first-order chi connectivity index (χ1) is 9.54. The maximum atomic E-state index is 13.0. The molecule has 1 aromatic carbocycles. The number of carbonyl (C=O) groups excluding carboxylic acids is 1. The minimum absolute atomic E-state index is 0.0763. The van der Waals surface area contributed by atoms with E-state index in [0.717, 1.165) is 18.2 Å². The number of hydrogen-bond donors (Lipinski definition) is 3. The smallest absolute Gasteiger partial charge is 0.438 e. The molecule has 0 fully saturated rings. The lowest BCUT2D eigenvalue weighted by Crippen LogP contribution is -2.56. The van der Waals surface area contributed by atoms with Gasteiger partial charge >= 0.3 is 6.18 Å². The molecule has 0 saturated carbocycles. The Morgan fingerprint density at radius 1 is 1.29 bits per heavy atom. The number of hydrazone groups is 1. The molecule has 0 radical (unpaired) electrons. The molecule has 9 heteroatoms. The topological polar surface area (TPSA) is 93.4 Å². The molecule has 1 heterocycles. The fourth-order valence-corrected chi connectivity index (χ4v) is 2.00. The van der Waals surface area contributed by atoms with E-state index in [1.165, 1.54) is 6.92 Å². The fraction of sp³-hybridized carbons (Fsp3) is 0.333. The third-order valence-corrected chi connectivity index (χ3v) is 2.92. The highest BCUT2D eigenvalue weighted by atomic mass is 19.4. The molecular formula is C12H11F3N2O4. The van der Waals surface area contributed by atoms with Crippen molar-refractivity contribution in [1.29, 1.82) is 0 Å².